The maximum absolute atomic E-state index is 11.9. The number of rotatable bonds is 14. The highest BCUT2D eigenvalue weighted by Gasteiger charge is 2.17. The van der Waals surface area contributed by atoms with Crippen molar-refractivity contribution in [3.05, 3.63) is 11.6 Å². The van der Waals surface area contributed by atoms with Crippen LogP contribution in [0, 0.1) is 0 Å². The molecule has 6 heteroatoms. The monoisotopic (exact) mass is 342 g/mol. The van der Waals surface area contributed by atoms with Crippen LogP contribution in [0.15, 0.2) is 11.6 Å². The first-order chi connectivity index (χ1) is 11.4. The minimum Gasteiger partial charge on any atom is -0.481 e. The van der Waals surface area contributed by atoms with Crippen LogP contribution >= 0.6 is 0 Å². The predicted molar refractivity (Wildman–Crippen MR) is 90.8 cm³/mol. The van der Waals surface area contributed by atoms with E-state index >= 15 is 0 Å². The second-order valence-electron chi connectivity index (χ2n) is 5.95. The van der Waals surface area contributed by atoms with Gasteiger partial charge in [-0.15, -0.1) is 0 Å². The van der Waals surface area contributed by atoms with Gasteiger partial charge in [-0.25, -0.2) is 9.59 Å². The van der Waals surface area contributed by atoms with Crippen LogP contribution < -0.4 is 0 Å². The Bertz CT molecular complexity index is 427. The molecule has 0 radical (unpaired) electrons. The van der Waals surface area contributed by atoms with Crippen molar-refractivity contribution in [1.82, 2.24) is 0 Å². The Morgan fingerprint density at radius 2 is 1.50 bits per heavy atom. The summed E-state index contributed by atoms with van der Waals surface area (Å²) in [4.78, 5) is 33.5. The quantitative estimate of drug-likeness (QED) is 0.282. The van der Waals surface area contributed by atoms with E-state index in [1.54, 1.807) is 0 Å². The first kappa shape index (κ1) is 22.1. The molecule has 0 bridgehead atoms. The molecule has 1 atom stereocenters. The van der Waals surface area contributed by atoms with Crippen LogP contribution in [-0.2, 0) is 19.1 Å². The average Bonchev–Trinajstić information content (AvgIpc) is 2.50. The number of ether oxygens (including phenoxy) is 1. The summed E-state index contributed by atoms with van der Waals surface area (Å²) in [7, 11) is 0. The van der Waals surface area contributed by atoms with Gasteiger partial charge in [0.05, 0.1) is 12.0 Å². The van der Waals surface area contributed by atoms with E-state index in [1.165, 1.54) is 12.8 Å². The van der Waals surface area contributed by atoms with Crippen LogP contribution in [0.25, 0.3) is 0 Å². The van der Waals surface area contributed by atoms with E-state index in [0.717, 1.165) is 51.0 Å². The van der Waals surface area contributed by atoms with Crippen LogP contribution in [0.1, 0.15) is 78.1 Å². The molecular formula is C18H30O6. The van der Waals surface area contributed by atoms with Gasteiger partial charge < -0.3 is 14.9 Å². The summed E-state index contributed by atoms with van der Waals surface area (Å²) in [6.45, 7) is 4.20. The van der Waals surface area contributed by atoms with Crippen LogP contribution in [0.3, 0.4) is 0 Å². The minimum absolute atomic E-state index is 0.241. The third-order valence-corrected chi connectivity index (χ3v) is 3.70. The van der Waals surface area contributed by atoms with E-state index in [-0.39, 0.29) is 6.10 Å². The molecule has 0 amide bonds. The van der Waals surface area contributed by atoms with Gasteiger partial charge in [-0.2, -0.15) is 0 Å². The lowest BCUT2D eigenvalue weighted by Crippen LogP contribution is -2.18. The van der Waals surface area contributed by atoms with Gasteiger partial charge in [0, 0.05) is 6.08 Å². The number of hydrogen-bond donors (Lipinski definition) is 2. The van der Waals surface area contributed by atoms with Crippen molar-refractivity contribution in [3.8, 4) is 0 Å². The first-order valence-electron chi connectivity index (χ1n) is 8.76. The highest BCUT2D eigenvalue weighted by Crippen LogP contribution is 2.15. The number of carbonyl (C=O) groups is 3. The number of carboxylic acids is 2. The maximum Gasteiger partial charge on any atom is 0.332 e. The van der Waals surface area contributed by atoms with Gasteiger partial charge >= 0.3 is 17.9 Å². The zero-order valence-electron chi connectivity index (χ0n) is 14.8. The summed E-state index contributed by atoms with van der Waals surface area (Å²) in [5.74, 6) is -3.49. The maximum atomic E-state index is 11.9. The standard InChI is InChI=1S/C18H30O6/c1-3-5-7-8-9-11-15(10-6-4-2)24-17(21)13-14(18(22)23)12-16(19)20/h13,15H,3-12H2,1-2H3,(H,19,20)(H,22,23). The fraction of sp³-hybridized carbons (Fsp3) is 0.722. The number of aliphatic carboxylic acids is 2. The first-order valence-corrected chi connectivity index (χ1v) is 8.76. The summed E-state index contributed by atoms with van der Waals surface area (Å²) in [5.41, 5.74) is -0.468. The van der Waals surface area contributed by atoms with Gasteiger partial charge in [0.1, 0.15) is 6.10 Å². The van der Waals surface area contributed by atoms with E-state index < -0.39 is 29.9 Å². The van der Waals surface area contributed by atoms with Crippen LogP contribution in [0.2, 0.25) is 0 Å². The molecule has 0 spiro atoms. The summed E-state index contributed by atoms with van der Waals surface area (Å²) in [6.07, 6.45) is 8.82. The summed E-state index contributed by atoms with van der Waals surface area (Å²) >= 11 is 0. The van der Waals surface area contributed by atoms with Crippen molar-refractivity contribution in [2.75, 3.05) is 0 Å². The summed E-state index contributed by atoms with van der Waals surface area (Å²) in [5, 5.41) is 17.6. The Kier molecular flexibility index (Phi) is 12.5. The van der Waals surface area contributed by atoms with Crippen LogP contribution in [0.5, 0.6) is 0 Å². The molecule has 0 rings (SSSR count). The fourth-order valence-corrected chi connectivity index (χ4v) is 2.36. The molecule has 0 saturated carbocycles. The third kappa shape index (κ3) is 11.7. The van der Waals surface area contributed by atoms with E-state index in [9.17, 15) is 14.4 Å². The van der Waals surface area contributed by atoms with E-state index in [0.29, 0.717) is 0 Å². The topological polar surface area (TPSA) is 101 Å². The second-order valence-corrected chi connectivity index (χ2v) is 5.95. The molecule has 0 aromatic rings. The molecule has 2 N–H and O–H groups in total. The van der Waals surface area contributed by atoms with Gasteiger partial charge in [0.25, 0.3) is 0 Å². The normalized spacial score (nSPS) is 12.7. The van der Waals surface area contributed by atoms with E-state index in [4.69, 9.17) is 14.9 Å². The number of unbranched alkanes of at least 4 members (excludes halogenated alkanes) is 5. The lowest BCUT2D eigenvalue weighted by Gasteiger charge is -2.17. The van der Waals surface area contributed by atoms with Crippen molar-refractivity contribution in [2.24, 2.45) is 0 Å². The second kappa shape index (κ2) is 13.6. The zero-order chi connectivity index (χ0) is 18.4. The molecule has 0 aromatic carbocycles. The largest absolute Gasteiger partial charge is 0.481 e. The molecule has 0 aliphatic heterocycles. The highest BCUT2D eigenvalue weighted by molar-refractivity contribution is 5.98. The highest BCUT2D eigenvalue weighted by atomic mass is 16.5. The van der Waals surface area contributed by atoms with Gasteiger partial charge in [-0.3, -0.25) is 4.79 Å². The van der Waals surface area contributed by atoms with Crippen molar-refractivity contribution in [2.45, 2.75) is 84.2 Å². The molecular weight excluding hydrogens is 312 g/mol. The molecule has 0 heterocycles. The van der Waals surface area contributed by atoms with Crippen molar-refractivity contribution in [3.63, 3.8) is 0 Å². The molecule has 0 aliphatic rings. The molecule has 0 aliphatic carbocycles. The summed E-state index contributed by atoms with van der Waals surface area (Å²) < 4.78 is 5.35. The predicted octanol–water partition coefficient (Wildman–Crippen LogP) is 3.93. The number of carbonyl (C=O) groups excluding carboxylic acids is 1. The van der Waals surface area contributed by atoms with Crippen molar-refractivity contribution in [1.29, 1.82) is 0 Å². The van der Waals surface area contributed by atoms with Gasteiger partial charge in [0.15, 0.2) is 0 Å². The number of esters is 1. The van der Waals surface area contributed by atoms with Crippen LogP contribution in [-0.4, -0.2) is 34.2 Å². The van der Waals surface area contributed by atoms with E-state index in [2.05, 4.69) is 13.8 Å². The number of hydrogen-bond acceptors (Lipinski definition) is 4. The molecule has 138 valence electrons. The average molecular weight is 342 g/mol. The Hall–Kier alpha value is -1.85. The Labute approximate surface area is 143 Å². The molecule has 1 unspecified atom stereocenters. The van der Waals surface area contributed by atoms with Crippen molar-refractivity contribution < 1.29 is 29.3 Å². The van der Waals surface area contributed by atoms with Gasteiger partial charge in [0.2, 0.25) is 0 Å². The molecule has 0 saturated heterocycles. The smallest absolute Gasteiger partial charge is 0.332 e. The van der Waals surface area contributed by atoms with Crippen LogP contribution in [0.4, 0.5) is 0 Å². The van der Waals surface area contributed by atoms with E-state index in [1.807, 2.05) is 0 Å². The SMILES string of the molecule is CCCCCCCC(CCCC)OC(=O)C=C(CC(=O)O)C(=O)O. The van der Waals surface area contributed by atoms with Gasteiger partial charge in [-0.05, 0) is 19.3 Å². The van der Waals surface area contributed by atoms with Gasteiger partial charge in [-0.1, -0.05) is 52.4 Å². The molecule has 24 heavy (non-hydrogen) atoms. The molecule has 0 fully saturated rings. The Balaban J connectivity index is 4.59. The third-order valence-electron chi connectivity index (χ3n) is 3.70. The molecule has 6 nitrogen and oxygen atoms in total. The lowest BCUT2D eigenvalue weighted by molar-refractivity contribution is -0.144. The Morgan fingerprint density at radius 1 is 0.917 bits per heavy atom. The fourth-order valence-electron chi connectivity index (χ4n) is 2.36. The lowest BCUT2D eigenvalue weighted by atomic mass is 10.0. The summed E-state index contributed by atoms with van der Waals surface area (Å²) in [6, 6.07) is 0. The molecule has 0 aromatic heterocycles. The minimum atomic E-state index is -1.42. The van der Waals surface area contributed by atoms with Crippen molar-refractivity contribution >= 4 is 17.9 Å². The Morgan fingerprint density at radius 3 is 2.04 bits per heavy atom. The zero-order valence-corrected chi connectivity index (χ0v) is 14.8. The number of carboxylic acid groups (broad SMARTS) is 2.